The SMILES string of the molecule is O=C(C#Cc1ccccc1)N(Cc1ccccc1)CC(O)c1ccco1. The van der Waals surface area contributed by atoms with E-state index in [0.717, 1.165) is 11.1 Å². The number of aliphatic hydroxyl groups excluding tert-OH is 1. The number of amides is 1. The van der Waals surface area contributed by atoms with Crippen LogP contribution >= 0.6 is 0 Å². The molecule has 1 unspecified atom stereocenters. The first kappa shape index (κ1) is 17.5. The number of furan rings is 1. The van der Waals surface area contributed by atoms with Gasteiger partial charge in [-0.15, -0.1) is 0 Å². The lowest BCUT2D eigenvalue weighted by molar-refractivity contribution is -0.127. The molecule has 0 aliphatic rings. The Morgan fingerprint density at radius 1 is 1.00 bits per heavy atom. The van der Waals surface area contributed by atoms with Crippen molar-refractivity contribution < 1.29 is 14.3 Å². The smallest absolute Gasteiger partial charge is 0.299 e. The van der Waals surface area contributed by atoms with Crippen molar-refractivity contribution in [3.63, 3.8) is 0 Å². The van der Waals surface area contributed by atoms with E-state index in [1.54, 1.807) is 12.1 Å². The van der Waals surface area contributed by atoms with Crippen LogP contribution in [0.25, 0.3) is 0 Å². The summed E-state index contributed by atoms with van der Waals surface area (Å²) < 4.78 is 5.23. The number of hydrogen-bond acceptors (Lipinski definition) is 3. The van der Waals surface area contributed by atoms with Crippen molar-refractivity contribution in [3.05, 3.63) is 95.9 Å². The van der Waals surface area contributed by atoms with Crippen molar-refractivity contribution in [2.45, 2.75) is 12.6 Å². The van der Waals surface area contributed by atoms with Gasteiger partial charge in [-0.3, -0.25) is 4.79 Å². The van der Waals surface area contributed by atoms with Crippen molar-refractivity contribution in [1.82, 2.24) is 4.90 Å². The summed E-state index contributed by atoms with van der Waals surface area (Å²) in [5.41, 5.74) is 1.74. The van der Waals surface area contributed by atoms with Gasteiger partial charge in [-0.1, -0.05) is 54.5 Å². The summed E-state index contributed by atoms with van der Waals surface area (Å²) in [6.07, 6.45) is 0.591. The Labute approximate surface area is 152 Å². The van der Waals surface area contributed by atoms with E-state index >= 15 is 0 Å². The Balaban J connectivity index is 1.77. The fraction of sp³-hybridized carbons (Fsp3) is 0.136. The van der Waals surface area contributed by atoms with E-state index in [1.807, 2.05) is 60.7 Å². The van der Waals surface area contributed by atoms with Crippen LogP contribution in [0.4, 0.5) is 0 Å². The van der Waals surface area contributed by atoms with Crippen molar-refractivity contribution in [1.29, 1.82) is 0 Å². The highest BCUT2D eigenvalue weighted by Gasteiger charge is 2.19. The molecule has 2 aromatic carbocycles. The number of benzene rings is 2. The molecule has 130 valence electrons. The molecule has 1 N–H and O–H groups in total. The first-order valence-corrected chi connectivity index (χ1v) is 8.34. The van der Waals surface area contributed by atoms with Crippen molar-refractivity contribution in [2.24, 2.45) is 0 Å². The van der Waals surface area contributed by atoms with Gasteiger partial charge >= 0.3 is 0 Å². The average Bonchev–Trinajstić information content (AvgIpc) is 3.22. The van der Waals surface area contributed by atoms with Crippen molar-refractivity contribution >= 4 is 5.91 Å². The normalized spacial score (nSPS) is 11.3. The number of aliphatic hydroxyl groups is 1. The minimum Gasteiger partial charge on any atom is -0.467 e. The molecule has 0 aliphatic heterocycles. The highest BCUT2D eigenvalue weighted by molar-refractivity contribution is 5.94. The van der Waals surface area contributed by atoms with Gasteiger partial charge in [0.05, 0.1) is 12.8 Å². The summed E-state index contributed by atoms with van der Waals surface area (Å²) in [7, 11) is 0. The molecular formula is C22H19NO3. The van der Waals surface area contributed by atoms with E-state index < -0.39 is 6.10 Å². The lowest BCUT2D eigenvalue weighted by atomic mass is 10.2. The van der Waals surface area contributed by atoms with Crippen LogP contribution in [0, 0.1) is 11.8 Å². The van der Waals surface area contributed by atoms with E-state index in [0.29, 0.717) is 12.3 Å². The van der Waals surface area contributed by atoms with E-state index in [-0.39, 0.29) is 12.5 Å². The molecule has 0 radical (unpaired) electrons. The zero-order valence-corrected chi connectivity index (χ0v) is 14.2. The molecule has 26 heavy (non-hydrogen) atoms. The van der Waals surface area contributed by atoms with Crippen LogP contribution in [0.2, 0.25) is 0 Å². The summed E-state index contributed by atoms with van der Waals surface area (Å²) in [6, 6.07) is 22.3. The summed E-state index contributed by atoms with van der Waals surface area (Å²) >= 11 is 0. The fourth-order valence-corrected chi connectivity index (χ4v) is 2.53. The Bertz CT molecular complexity index is 877. The molecule has 1 heterocycles. The standard InChI is InChI=1S/C22H19NO3/c24-20(21-12-7-15-26-21)17-23(16-19-10-5-2-6-11-19)22(25)14-13-18-8-3-1-4-9-18/h1-12,15,20,24H,16-17H2. The van der Waals surface area contributed by atoms with Crippen molar-refractivity contribution in [2.75, 3.05) is 6.54 Å². The van der Waals surface area contributed by atoms with Gasteiger partial charge in [-0.05, 0) is 29.8 Å². The zero-order chi connectivity index (χ0) is 18.2. The van der Waals surface area contributed by atoms with Crippen LogP contribution in [0.5, 0.6) is 0 Å². The molecule has 1 atom stereocenters. The number of carbonyl (C=O) groups excluding carboxylic acids is 1. The Morgan fingerprint density at radius 3 is 2.35 bits per heavy atom. The van der Waals surface area contributed by atoms with Crippen LogP contribution in [-0.2, 0) is 11.3 Å². The minimum atomic E-state index is -0.906. The molecule has 3 aromatic rings. The van der Waals surface area contributed by atoms with Gasteiger partial charge in [-0.2, -0.15) is 0 Å². The van der Waals surface area contributed by atoms with Gasteiger partial charge in [-0.25, -0.2) is 0 Å². The summed E-state index contributed by atoms with van der Waals surface area (Å²) in [5.74, 6) is 5.62. The molecule has 1 aromatic heterocycles. The van der Waals surface area contributed by atoms with Gasteiger partial charge < -0.3 is 14.4 Å². The third-order valence-electron chi connectivity index (χ3n) is 3.86. The molecule has 3 rings (SSSR count). The molecule has 4 heteroatoms. The van der Waals surface area contributed by atoms with Gasteiger partial charge in [0, 0.05) is 18.0 Å². The predicted molar refractivity (Wildman–Crippen MR) is 98.8 cm³/mol. The van der Waals surface area contributed by atoms with Crippen LogP contribution in [0.1, 0.15) is 23.0 Å². The van der Waals surface area contributed by atoms with Crippen molar-refractivity contribution in [3.8, 4) is 11.8 Å². The molecule has 0 spiro atoms. The second kappa shape index (κ2) is 8.70. The first-order valence-electron chi connectivity index (χ1n) is 8.34. The van der Waals surface area contributed by atoms with Gasteiger partial charge in [0.1, 0.15) is 11.9 Å². The topological polar surface area (TPSA) is 53.7 Å². The zero-order valence-electron chi connectivity index (χ0n) is 14.2. The second-order valence-electron chi connectivity index (χ2n) is 5.82. The van der Waals surface area contributed by atoms with Gasteiger partial charge in [0.2, 0.25) is 0 Å². The third-order valence-corrected chi connectivity index (χ3v) is 3.86. The Kier molecular flexibility index (Phi) is 5.87. The van der Waals surface area contributed by atoms with Gasteiger partial charge in [0.25, 0.3) is 5.91 Å². The quantitative estimate of drug-likeness (QED) is 0.721. The van der Waals surface area contributed by atoms with Crippen LogP contribution in [0.3, 0.4) is 0 Å². The summed E-state index contributed by atoms with van der Waals surface area (Å²) in [6.45, 7) is 0.464. The van der Waals surface area contributed by atoms with Crippen LogP contribution in [0.15, 0.2) is 83.5 Å². The van der Waals surface area contributed by atoms with E-state index in [9.17, 15) is 9.90 Å². The molecule has 0 fully saturated rings. The number of nitrogens with zero attached hydrogens (tertiary/aromatic N) is 1. The lowest BCUT2D eigenvalue weighted by Crippen LogP contribution is -2.33. The molecule has 1 amide bonds. The highest BCUT2D eigenvalue weighted by atomic mass is 16.4. The first-order chi connectivity index (χ1) is 12.7. The van der Waals surface area contributed by atoms with E-state index in [4.69, 9.17) is 4.42 Å². The maximum atomic E-state index is 12.6. The number of hydrogen-bond donors (Lipinski definition) is 1. The van der Waals surface area contributed by atoms with Gasteiger partial charge in [0.15, 0.2) is 0 Å². The lowest BCUT2D eigenvalue weighted by Gasteiger charge is -2.22. The fourth-order valence-electron chi connectivity index (χ4n) is 2.53. The molecule has 0 aliphatic carbocycles. The summed E-state index contributed by atoms with van der Waals surface area (Å²) in [4.78, 5) is 14.2. The third kappa shape index (κ3) is 4.85. The van der Waals surface area contributed by atoms with Crippen LogP contribution < -0.4 is 0 Å². The van der Waals surface area contributed by atoms with E-state index in [2.05, 4.69) is 11.8 Å². The maximum absolute atomic E-state index is 12.6. The Morgan fingerprint density at radius 2 is 1.69 bits per heavy atom. The highest BCUT2D eigenvalue weighted by Crippen LogP contribution is 2.16. The molecule has 0 bridgehead atoms. The largest absolute Gasteiger partial charge is 0.467 e. The Hall–Kier alpha value is -3.29. The second-order valence-corrected chi connectivity index (χ2v) is 5.82. The average molecular weight is 345 g/mol. The number of rotatable bonds is 5. The van der Waals surface area contributed by atoms with Crippen LogP contribution in [-0.4, -0.2) is 22.5 Å². The number of carbonyl (C=O) groups is 1. The maximum Gasteiger partial charge on any atom is 0.299 e. The molecular weight excluding hydrogens is 326 g/mol. The molecule has 0 saturated carbocycles. The van der Waals surface area contributed by atoms with E-state index in [1.165, 1.54) is 11.2 Å². The minimum absolute atomic E-state index is 0.102. The summed E-state index contributed by atoms with van der Waals surface area (Å²) in [5, 5.41) is 10.4. The monoisotopic (exact) mass is 345 g/mol. The molecule has 0 saturated heterocycles. The molecule has 4 nitrogen and oxygen atoms in total. The predicted octanol–water partition coefficient (Wildman–Crippen LogP) is 3.39.